The van der Waals surface area contributed by atoms with Crippen LogP contribution in [0.25, 0.3) is 22.6 Å². The number of rotatable bonds is 5. The lowest BCUT2D eigenvalue weighted by molar-refractivity contribution is 0.101. The summed E-state index contributed by atoms with van der Waals surface area (Å²) in [5.74, 6) is 1.14. The zero-order valence-corrected chi connectivity index (χ0v) is 17.1. The highest BCUT2D eigenvalue weighted by molar-refractivity contribution is 5.95. The Labute approximate surface area is 179 Å². The van der Waals surface area contributed by atoms with Crippen LogP contribution in [0.5, 0.6) is 0 Å². The van der Waals surface area contributed by atoms with Gasteiger partial charge in [-0.15, -0.1) is 0 Å². The van der Waals surface area contributed by atoms with Crippen LogP contribution in [0.2, 0.25) is 0 Å². The van der Waals surface area contributed by atoms with E-state index in [0.717, 1.165) is 43.1 Å². The Kier molecular flexibility index (Phi) is 5.05. The highest BCUT2D eigenvalue weighted by Crippen LogP contribution is 2.27. The highest BCUT2D eigenvalue weighted by atomic mass is 16.5. The molecule has 3 heterocycles. The van der Waals surface area contributed by atoms with E-state index in [1.807, 2.05) is 24.3 Å². The molecule has 0 bridgehead atoms. The molecule has 1 fully saturated rings. The van der Waals surface area contributed by atoms with E-state index in [1.54, 1.807) is 25.4 Å². The second kappa shape index (κ2) is 8.16. The van der Waals surface area contributed by atoms with Crippen molar-refractivity contribution in [1.82, 2.24) is 19.9 Å². The molecule has 0 radical (unpaired) electrons. The van der Waals surface area contributed by atoms with Gasteiger partial charge in [-0.05, 0) is 37.3 Å². The standard InChI is InChI=1S/C23H22N6O2/c1-15(30)16-3-2-4-17(13-16)21-27-22-20(24-14-25-22)23(28-21)26-18-5-7-19(8-6-18)29-9-11-31-12-10-29/h2-8,13-14H,9-12H2,1H3,(H2,24,25,26,27,28). The molecule has 2 N–H and O–H groups in total. The van der Waals surface area contributed by atoms with Crippen LogP contribution in [-0.2, 0) is 4.74 Å². The summed E-state index contributed by atoms with van der Waals surface area (Å²) in [5.41, 5.74) is 4.76. The minimum Gasteiger partial charge on any atom is -0.378 e. The molecule has 31 heavy (non-hydrogen) atoms. The molecule has 8 heteroatoms. The van der Waals surface area contributed by atoms with E-state index >= 15 is 0 Å². The average molecular weight is 414 g/mol. The molecule has 0 amide bonds. The molecule has 1 aliphatic rings. The molecule has 0 aliphatic carbocycles. The van der Waals surface area contributed by atoms with Gasteiger partial charge in [0.15, 0.2) is 23.1 Å². The van der Waals surface area contributed by atoms with Gasteiger partial charge in [0.05, 0.1) is 19.5 Å². The monoisotopic (exact) mass is 414 g/mol. The second-order valence-electron chi connectivity index (χ2n) is 7.41. The summed E-state index contributed by atoms with van der Waals surface area (Å²) in [7, 11) is 0. The van der Waals surface area contributed by atoms with Gasteiger partial charge in [0.2, 0.25) is 0 Å². The molecule has 0 spiro atoms. The number of H-pyrrole nitrogens is 1. The van der Waals surface area contributed by atoms with Gasteiger partial charge in [-0.3, -0.25) is 4.79 Å². The number of aromatic nitrogens is 4. The molecule has 1 saturated heterocycles. The fraction of sp³-hybridized carbons (Fsp3) is 0.217. The van der Waals surface area contributed by atoms with Gasteiger partial charge >= 0.3 is 0 Å². The number of morpholine rings is 1. The van der Waals surface area contributed by atoms with Crippen LogP contribution in [-0.4, -0.2) is 52.0 Å². The lowest BCUT2D eigenvalue weighted by Gasteiger charge is -2.28. The van der Waals surface area contributed by atoms with Gasteiger partial charge in [-0.1, -0.05) is 18.2 Å². The minimum atomic E-state index is 0.00130. The quantitative estimate of drug-likeness (QED) is 0.480. The Balaban J connectivity index is 1.46. The molecule has 2 aromatic heterocycles. The molecular weight excluding hydrogens is 392 g/mol. The number of fused-ring (bicyclic) bond motifs is 1. The van der Waals surface area contributed by atoms with Crippen LogP contribution in [0.3, 0.4) is 0 Å². The number of imidazole rings is 1. The number of nitrogens with zero attached hydrogens (tertiary/aromatic N) is 4. The van der Waals surface area contributed by atoms with Crippen LogP contribution < -0.4 is 10.2 Å². The maximum Gasteiger partial charge on any atom is 0.183 e. The van der Waals surface area contributed by atoms with Crippen molar-refractivity contribution in [1.29, 1.82) is 0 Å². The molecule has 2 aromatic carbocycles. The van der Waals surface area contributed by atoms with Gasteiger partial charge in [0.1, 0.15) is 5.52 Å². The third kappa shape index (κ3) is 3.97. The smallest absolute Gasteiger partial charge is 0.183 e. The van der Waals surface area contributed by atoms with E-state index in [-0.39, 0.29) is 5.78 Å². The first-order chi connectivity index (χ1) is 15.2. The van der Waals surface area contributed by atoms with Gasteiger partial charge in [-0.25, -0.2) is 15.0 Å². The first kappa shape index (κ1) is 19.2. The third-order valence-corrected chi connectivity index (χ3v) is 5.32. The van der Waals surface area contributed by atoms with Crippen molar-refractivity contribution in [2.45, 2.75) is 6.92 Å². The van der Waals surface area contributed by atoms with Crippen molar-refractivity contribution in [3.05, 3.63) is 60.4 Å². The van der Waals surface area contributed by atoms with Crippen LogP contribution >= 0.6 is 0 Å². The van der Waals surface area contributed by atoms with Crippen LogP contribution in [0.1, 0.15) is 17.3 Å². The van der Waals surface area contributed by atoms with E-state index in [9.17, 15) is 4.79 Å². The SMILES string of the molecule is CC(=O)c1cccc(-c2nc(Nc3ccc(N4CCOCC4)cc3)c3[nH]cnc3n2)c1. The Morgan fingerprint density at radius 1 is 1.10 bits per heavy atom. The fourth-order valence-electron chi connectivity index (χ4n) is 3.64. The minimum absolute atomic E-state index is 0.00130. The van der Waals surface area contributed by atoms with Gasteiger partial charge in [0, 0.05) is 35.6 Å². The summed E-state index contributed by atoms with van der Waals surface area (Å²) >= 11 is 0. The van der Waals surface area contributed by atoms with E-state index < -0.39 is 0 Å². The Hall–Kier alpha value is -3.78. The van der Waals surface area contributed by atoms with E-state index in [2.05, 4.69) is 37.3 Å². The average Bonchev–Trinajstić information content (AvgIpc) is 3.29. The van der Waals surface area contributed by atoms with Crippen LogP contribution in [0, 0.1) is 0 Å². The molecule has 0 atom stereocenters. The number of carbonyl (C=O) groups is 1. The van der Waals surface area contributed by atoms with Gasteiger partial charge in [-0.2, -0.15) is 0 Å². The Morgan fingerprint density at radius 2 is 1.90 bits per heavy atom. The first-order valence-corrected chi connectivity index (χ1v) is 10.2. The summed E-state index contributed by atoms with van der Waals surface area (Å²) in [4.78, 5) is 30.8. The number of aromatic amines is 1. The van der Waals surface area contributed by atoms with E-state index in [4.69, 9.17) is 9.72 Å². The fourth-order valence-corrected chi connectivity index (χ4v) is 3.64. The zero-order chi connectivity index (χ0) is 21.2. The number of Topliss-reactive ketones (excluding diaryl/α,β-unsaturated/α-hetero) is 1. The van der Waals surface area contributed by atoms with Crippen LogP contribution in [0.15, 0.2) is 54.9 Å². The molecule has 8 nitrogen and oxygen atoms in total. The summed E-state index contributed by atoms with van der Waals surface area (Å²) in [6.07, 6.45) is 1.60. The van der Waals surface area contributed by atoms with Gasteiger partial charge in [0.25, 0.3) is 0 Å². The number of hydrogen-bond acceptors (Lipinski definition) is 7. The number of nitrogens with one attached hydrogen (secondary N) is 2. The number of anilines is 3. The second-order valence-corrected chi connectivity index (χ2v) is 7.41. The van der Waals surface area contributed by atoms with Crippen molar-refractivity contribution in [2.24, 2.45) is 0 Å². The maximum absolute atomic E-state index is 11.8. The van der Waals surface area contributed by atoms with Crippen molar-refractivity contribution >= 4 is 34.1 Å². The number of benzene rings is 2. The number of ketones is 1. The summed E-state index contributed by atoms with van der Waals surface area (Å²) in [6, 6.07) is 15.6. The predicted octanol–water partition coefficient (Wildman–Crippen LogP) is 3.80. The zero-order valence-electron chi connectivity index (χ0n) is 17.1. The predicted molar refractivity (Wildman–Crippen MR) is 120 cm³/mol. The Bertz CT molecular complexity index is 1230. The molecular formula is C23H22N6O2. The highest BCUT2D eigenvalue weighted by Gasteiger charge is 2.14. The summed E-state index contributed by atoms with van der Waals surface area (Å²) in [6.45, 7) is 4.86. The topological polar surface area (TPSA) is 96.0 Å². The van der Waals surface area contributed by atoms with Gasteiger partial charge < -0.3 is 19.9 Å². The van der Waals surface area contributed by atoms with Crippen molar-refractivity contribution < 1.29 is 9.53 Å². The van der Waals surface area contributed by atoms with Crippen molar-refractivity contribution in [3.8, 4) is 11.4 Å². The van der Waals surface area contributed by atoms with Crippen LogP contribution in [0.4, 0.5) is 17.2 Å². The lowest BCUT2D eigenvalue weighted by Crippen LogP contribution is -2.36. The number of carbonyl (C=O) groups excluding carboxylic acids is 1. The molecule has 1 aliphatic heterocycles. The Morgan fingerprint density at radius 3 is 2.68 bits per heavy atom. The summed E-state index contributed by atoms with van der Waals surface area (Å²) < 4.78 is 5.43. The lowest BCUT2D eigenvalue weighted by atomic mass is 10.1. The van der Waals surface area contributed by atoms with Crippen molar-refractivity contribution in [2.75, 3.05) is 36.5 Å². The molecule has 0 unspecified atom stereocenters. The molecule has 4 aromatic rings. The third-order valence-electron chi connectivity index (χ3n) is 5.32. The largest absolute Gasteiger partial charge is 0.378 e. The normalized spacial score (nSPS) is 14.0. The van der Waals surface area contributed by atoms with E-state index in [0.29, 0.717) is 22.9 Å². The van der Waals surface area contributed by atoms with Crippen molar-refractivity contribution in [3.63, 3.8) is 0 Å². The first-order valence-electron chi connectivity index (χ1n) is 10.2. The number of ether oxygens (including phenoxy) is 1. The molecule has 0 saturated carbocycles. The molecule has 156 valence electrons. The van der Waals surface area contributed by atoms with E-state index in [1.165, 1.54) is 5.69 Å². The number of hydrogen-bond donors (Lipinski definition) is 2. The molecule has 5 rings (SSSR count). The summed E-state index contributed by atoms with van der Waals surface area (Å²) in [5, 5.41) is 3.38. The maximum atomic E-state index is 11.8.